The number of benzene rings is 2. The number of thioether (sulfide) groups is 1. The highest BCUT2D eigenvalue weighted by Crippen LogP contribution is 2.10. The zero-order valence-corrected chi connectivity index (χ0v) is 15.0. The largest absolute Gasteiger partial charge is 0.457 e. The van der Waals surface area contributed by atoms with Gasteiger partial charge in [-0.2, -0.15) is 0 Å². The summed E-state index contributed by atoms with van der Waals surface area (Å²) in [7, 11) is 0. The lowest BCUT2D eigenvalue weighted by atomic mass is 10.1. The molecule has 2 rings (SSSR count). The summed E-state index contributed by atoms with van der Waals surface area (Å²) < 4.78 is 17.9. The first-order valence-electron chi connectivity index (χ1n) is 7.82. The zero-order chi connectivity index (χ0) is 18.9. The van der Waals surface area contributed by atoms with Crippen molar-refractivity contribution >= 4 is 35.1 Å². The summed E-state index contributed by atoms with van der Waals surface area (Å²) in [5.41, 5.74) is 1.92. The number of hydrogen-bond acceptors (Lipinski definition) is 5. The molecule has 0 radical (unpaired) electrons. The molecule has 1 amide bonds. The van der Waals surface area contributed by atoms with Gasteiger partial charge in [-0.1, -0.05) is 29.8 Å². The van der Waals surface area contributed by atoms with Gasteiger partial charge in [0.1, 0.15) is 5.82 Å². The van der Waals surface area contributed by atoms with Crippen molar-refractivity contribution in [3.05, 3.63) is 65.5 Å². The van der Waals surface area contributed by atoms with Crippen LogP contribution in [-0.4, -0.2) is 35.8 Å². The Hall–Kier alpha value is -2.67. The Kier molecular flexibility index (Phi) is 7.35. The molecule has 0 heterocycles. The van der Waals surface area contributed by atoms with E-state index in [0.717, 1.165) is 23.4 Å². The first kappa shape index (κ1) is 19.7. The smallest absolute Gasteiger partial charge is 0.316 e. The van der Waals surface area contributed by atoms with Crippen LogP contribution in [0.5, 0.6) is 0 Å². The first-order valence-corrected chi connectivity index (χ1v) is 8.98. The number of esters is 1. The Morgan fingerprint density at radius 3 is 2.50 bits per heavy atom. The van der Waals surface area contributed by atoms with Crippen molar-refractivity contribution < 1.29 is 23.5 Å². The third kappa shape index (κ3) is 6.68. The van der Waals surface area contributed by atoms with Crippen LogP contribution in [0, 0.1) is 12.7 Å². The van der Waals surface area contributed by atoms with Crippen LogP contribution in [-0.2, 0) is 14.3 Å². The zero-order valence-electron chi connectivity index (χ0n) is 14.2. The molecule has 0 fully saturated rings. The summed E-state index contributed by atoms with van der Waals surface area (Å²) >= 11 is 1.08. The van der Waals surface area contributed by atoms with E-state index in [1.54, 1.807) is 12.1 Å². The van der Waals surface area contributed by atoms with Crippen LogP contribution >= 0.6 is 11.8 Å². The Labute approximate surface area is 154 Å². The van der Waals surface area contributed by atoms with Crippen molar-refractivity contribution in [1.82, 2.24) is 0 Å². The van der Waals surface area contributed by atoms with Gasteiger partial charge in [0, 0.05) is 11.3 Å². The number of anilines is 1. The van der Waals surface area contributed by atoms with Gasteiger partial charge in [-0.15, -0.1) is 11.8 Å². The number of ketones is 1. The first-order chi connectivity index (χ1) is 12.4. The number of ether oxygens (including phenoxy) is 1. The molecule has 7 heteroatoms. The van der Waals surface area contributed by atoms with Crippen LogP contribution in [0.1, 0.15) is 15.9 Å². The van der Waals surface area contributed by atoms with E-state index in [9.17, 15) is 18.8 Å². The molecule has 0 atom stereocenters. The van der Waals surface area contributed by atoms with E-state index < -0.39 is 24.2 Å². The van der Waals surface area contributed by atoms with E-state index in [0.29, 0.717) is 5.69 Å². The second-order valence-electron chi connectivity index (χ2n) is 5.50. The lowest BCUT2D eigenvalue weighted by Gasteiger charge is -2.06. The van der Waals surface area contributed by atoms with Gasteiger partial charge >= 0.3 is 5.97 Å². The fraction of sp³-hybridized carbons (Fsp3) is 0.211. The SMILES string of the molecule is Cc1ccc(NC(=O)CSCC(=O)OCC(=O)c2cccc(F)c2)cc1. The molecular weight excluding hydrogens is 357 g/mol. The highest BCUT2D eigenvalue weighted by Gasteiger charge is 2.11. The van der Waals surface area contributed by atoms with Gasteiger partial charge in [0.15, 0.2) is 12.4 Å². The molecule has 1 N–H and O–H groups in total. The van der Waals surface area contributed by atoms with E-state index >= 15 is 0 Å². The summed E-state index contributed by atoms with van der Waals surface area (Å²) in [6, 6.07) is 12.5. The van der Waals surface area contributed by atoms with E-state index in [-0.39, 0.29) is 23.0 Å². The molecular formula is C19H18FNO4S. The Balaban J connectivity index is 1.66. The standard InChI is InChI=1S/C19H18FNO4S/c1-13-5-7-16(8-6-13)21-18(23)11-26-12-19(24)25-10-17(22)14-3-2-4-15(20)9-14/h2-9H,10-12H2,1H3,(H,21,23). The van der Waals surface area contributed by atoms with Gasteiger partial charge in [-0.05, 0) is 31.2 Å². The lowest BCUT2D eigenvalue weighted by Crippen LogP contribution is -2.18. The second kappa shape index (κ2) is 9.72. The average molecular weight is 375 g/mol. The highest BCUT2D eigenvalue weighted by molar-refractivity contribution is 8.00. The minimum Gasteiger partial charge on any atom is -0.457 e. The van der Waals surface area contributed by atoms with Crippen molar-refractivity contribution in [2.75, 3.05) is 23.4 Å². The van der Waals surface area contributed by atoms with Crippen molar-refractivity contribution in [2.45, 2.75) is 6.92 Å². The third-order valence-corrected chi connectivity index (χ3v) is 4.21. The monoisotopic (exact) mass is 375 g/mol. The molecule has 0 saturated carbocycles. The molecule has 2 aromatic carbocycles. The van der Waals surface area contributed by atoms with E-state index in [1.807, 2.05) is 19.1 Å². The number of rotatable bonds is 8. The van der Waals surface area contributed by atoms with Gasteiger partial charge < -0.3 is 10.1 Å². The lowest BCUT2D eigenvalue weighted by molar-refractivity contribution is -0.139. The van der Waals surface area contributed by atoms with E-state index in [2.05, 4.69) is 5.32 Å². The summed E-state index contributed by atoms with van der Waals surface area (Å²) in [6.07, 6.45) is 0. The van der Waals surface area contributed by atoms with Crippen molar-refractivity contribution in [1.29, 1.82) is 0 Å². The van der Waals surface area contributed by atoms with Gasteiger partial charge in [0.25, 0.3) is 0 Å². The van der Waals surface area contributed by atoms with E-state index in [4.69, 9.17) is 4.74 Å². The molecule has 5 nitrogen and oxygen atoms in total. The molecule has 136 valence electrons. The minimum atomic E-state index is -0.608. The maximum atomic E-state index is 13.0. The van der Waals surface area contributed by atoms with Crippen LogP contribution in [0.25, 0.3) is 0 Å². The van der Waals surface area contributed by atoms with Gasteiger partial charge in [-0.3, -0.25) is 14.4 Å². The van der Waals surface area contributed by atoms with E-state index in [1.165, 1.54) is 18.2 Å². The molecule has 0 unspecified atom stereocenters. The van der Waals surface area contributed by atoms with Crippen LogP contribution in [0.2, 0.25) is 0 Å². The molecule has 0 aromatic heterocycles. The second-order valence-corrected chi connectivity index (χ2v) is 6.49. The summed E-state index contributed by atoms with van der Waals surface area (Å²) in [6.45, 7) is 1.49. The van der Waals surface area contributed by atoms with Crippen LogP contribution in [0.15, 0.2) is 48.5 Å². The number of amides is 1. The number of halogens is 1. The Bertz CT molecular complexity index is 792. The normalized spacial score (nSPS) is 10.2. The Morgan fingerprint density at radius 1 is 1.08 bits per heavy atom. The van der Waals surface area contributed by atoms with Gasteiger partial charge in [0.2, 0.25) is 5.91 Å². The topological polar surface area (TPSA) is 72.5 Å². The summed E-state index contributed by atoms with van der Waals surface area (Å²) in [4.78, 5) is 35.2. The van der Waals surface area contributed by atoms with Gasteiger partial charge in [0.05, 0.1) is 11.5 Å². The maximum Gasteiger partial charge on any atom is 0.316 e. The Morgan fingerprint density at radius 2 is 1.81 bits per heavy atom. The molecule has 0 bridgehead atoms. The third-order valence-electron chi connectivity index (χ3n) is 3.30. The fourth-order valence-corrected chi connectivity index (χ4v) is 2.60. The molecule has 2 aromatic rings. The maximum absolute atomic E-state index is 13.0. The molecule has 0 aliphatic carbocycles. The predicted molar refractivity (Wildman–Crippen MR) is 98.8 cm³/mol. The minimum absolute atomic E-state index is 0.0578. The van der Waals surface area contributed by atoms with Crippen molar-refractivity contribution in [2.24, 2.45) is 0 Å². The van der Waals surface area contributed by atoms with Crippen molar-refractivity contribution in [3.8, 4) is 0 Å². The number of aryl methyl sites for hydroxylation is 1. The number of carbonyl (C=O) groups is 3. The molecule has 0 aliphatic rings. The van der Waals surface area contributed by atoms with Crippen LogP contribution < -0.4 is 5.32 Å². The number of nitrogens with one attached hydrogen (secondary N) is 1. The quantitative estimate of drug-likeness (QED) is 0.566. The van der Waals surface area contributed by atoms with Crippen LogP contribution in [0.3, 0.4) is 0 Å². The highest BCUT2D eigenvalue weighted by atomic mass is 32.2. The molecule has 0 saturated heterocycles. The average Bonchev–Trinajstić information content (AvgIpc) is 2.61. The molecule has 26 heavy (non-hydrogen) atoms. The summed E-state index contributed by atoms with van der Waals surface area (Å²) in [5.74, 6) is -1.83. The predicted octanol–water partition coefficient (Wildman–Crippen LogP) is 3.23. The number of hydrogen-bond donors (Lipinski definition) is 1. The number of carbonyl (C=O) groups excluding carboxylic acids is 3. The van der Waals surface area contributed by atoms with Crippen molar-refractivity contribution in [3.63, 3.8) is 0 Å². The fourth-order valence-electron chi connectivity index (χ4n) is 1.99. The van der Waals surface area contributed by atoms with Gasteiger partial charge in [-0.25, -0.2) is 4.39 Å². The van der Waals surface area contributed by atoms with Crippen LogP contribution in [0.4, 0.5) is 10.1 Å². The number of Topliss-reactive ketones (excluding diaryl/α,β-unsaturated/α-hetero) is 1. The molecule has 0 spiro atoms. The summed E-state index contributed by atoms with van der Waals surface area (Å²) in [5, 5.41) is 2.72. The molecule has 0 aliphatic heterocycles.